The first-order valence-corrected chi connectivity index (χ1v) is 6.34. The second kappa shape index (κ2) is 5.30. The van der Waals surface area contributed by atoms with Gasteiger partial charge in [-0.15, -0.1) is 0 Å². The van der Waals surface area contributed by atoms with Gasteiger partial charge in [0, 0.05) is 17.8 Å². The highest BCUT2D eigenvalue weighted by Crippen LogP contribution is 2.21. The Hall–Kier alpha value is -2.04. The Labute approximate surface area is 112 Å². The fraction of sp³-hybridized carbons (Fsp3) is 0.429. The average Bonchev–Trinajstić information content (AvgIpc) is 2.32. The third-order valence-electron chi connectivity index (χ3n) is 2.99. The van der Waals surface area contributed by atoms with Crippen LogP contribution >= 0.6 is 0 Å². The van der Waals surface area contributed by atoms with E-state index in [1.807, 2.05) is 6.07 Å². The van der Waals surface area contributed by atoms with Gasteiger partial charge in [0.25, 0.3) is 5.91 Å². The fourth-order valence-corrected chi connectivity index (χ4v) is 2.15. The van der Waals surface area contributed by atoms with E-state index in [1.165, 1.54) is 4.90 Å². The van der Waals surface area contributed by atoms with Gasteiger partial charge in [0.1, 0.15) is 6.54 Å². The maximum atomic E-state index is 12.3. The summed E-state index contributed by atoms with van der Waals surface area (Å²) in [5, 5.41) is 0. The Morgan fingerprint density at radius 1 is 1.47 bits per heavy atom. The molecule has 0 bridgehead atoms. The topological polar surface area (TPSA) is 72.6 Å². The van der Waals surface area contributed by atoms with E-state index in [1.54, 1.807) is 26.0 Å². The number of fused-ring (bicyclic) bond motifs is 1. The molecular weight excluding hydrogens is 244 g/mol. The third-order valence-corrected chi connectivity index (χ3v) is 2.99. The van der Waals surface area contributed by atoms with Crippen molar-refractivity contribution in [3.8, 4) is 0 Å². The average molecular weight is 262 g/mol. The van der Waals surface area contributed by atoms with E-state index in [0.29, 0.717) is 17.8 Å². The SMILES string of the molecule is CC(C)OC(=O)CN1CCc2ccc(N)cc2C1=O. The zero-order valence-corrected chi connectivity index (χ0v) is 11.2. The number of carbonyl (C=O) groups is 2. The van der Waals surface area contributed by atoms with Gasteiger partial charge < -0.3 is 15.4 Å². The molecular formula is C14H18N2O3. The molecule has 0 aromatic heterocycles. The molecule has 5 nitrogen and oxygen atoms in total. The molecule has 0 unspecified atom stereocenters. The van der Waals surface area contributed by atoms with Gasteiger partial charge in [-0.3, -0.25) is 9.59 Å². The Morgan fingerprint density at radius 2 is 2.21 bits per heavy atom. The number of esters is 1. The zero-order chi connectivity index (χ0) is 14.0. The van der Waals surface area contributed by atoms with Crippen LogP contribution in [-0.4, -0.2) is 36.0 Å². The normalized spacial score (nSPS) is 14.5. The lowest BCUT2D eigenvalue weighted by atomic mass is 9.98. The van der Waals surface area contributed by atoms with Crippen molar-refractivity contribution in [1.82, 2.24) is 4.90 Å². The number of hydrogen-bond acceptors (Lipinski definition) is 4. The smallest absolute Gasteiger partial charge is 0.325 e. The number of nitrogens with two attached hydrogens (primary N) is 1. The number of nitrogens with zero attached hydrogens (tertiary/aromatic N) is 1. The second-order valence-corrected chi connectivity index (χ2v) is 4.93. The molecule has 0 aliphatic carbocycles. The van der Waals surface area contributed by atoms with Crippen LogP contribution in [0.15, 0.2) is 18.2 Å². The van der Waals surface area contributed by atoms with E-state index in [9.17, 15) is 9.59 Å². The molecule has 5 heteroatoms. The molecule has 1 aromatic rings. The Kier molecular flexibility index (Phi) is 3.74. The lowest BCUT2D eigenvalue weighted by molar-refractivity contribution is -0.148. The standard InChI is InChI=1S/C14H18N2O3/c1-9(2)19-13(17)8-16-6-5-10-3-4-11(15)7-12(10)14(16)18/h3-4,7,9H,5-6,8,15H2,1-2H3. The first-order valence-electron chi connectivity index (χ1n) is 6.34. The molecule has 1 aromatic carbocycles. The maximum Gasteiger partial charge on any atom is 0.325 e. The maximum absolute atomic E-state index is 12.3. The van der Waals surface area contributed by atoms with Gasteiger partial charge >= 0.3 is 5.97 Å². The van der Waals surface area contributed by atoms with Gasteiger partial charge in [-0.2, -0.15) is 0 Å². The number of rotatable bonds is 3. The number of anilines is 1. The molecule has 0 saturated carbocycles. The van der Waals surface area contributed by atoms with Crippen molar-refractivity contribution in [3.05, 3.63) is 29.3 Å². The van der Waals surface area contributed by atoms with E-state index >= 15 is 0 Å². The van der Waals surface area contributed by atoms with E-state index < -0.39 is 0 Å². The van der Waals surface area contributed by atoms with E-state index in [-0.39, 0.29) is 24.5 Å². The molecule has 1 aliphatic rings. The van der Waals surface area contributed by atoms with Crippen LogP contribution < -0.4 is 5.73 Å². The third kappa shape index (κ3) is 3.05. The number of carbonyl (C=O) groups excluding carboxylic acids is 2. The molecule has 0 radical (unpaired) electrons. The van der Waals surface area contributed by atoms with E-state index in [4.69, 9.17) is 10.5 Å². The highest BCUT2D eigenvalue weighted by atomic mass is 16.5. The van der Waals surface area contributed by atoms with Crippen LogP contribution in [0.5, 0.6) is 0 Å². The van der Waals surface area contributed by atoms with Crippen LogP contribution in [0, 0.1) is 0 Å². The number of hydrogen-bond donors (Lipinski definition) is 1. The second-order valence-electron chi connectivity index (χ2n) is 4.93. The number of nitrogen functional groups attached to an aromatic ring is 1. The van der Waals surface area contributed by atoms with Gasteiger partial charge in [0.15, 0.2) is 0 Å². The predicted octanol–water partition coefficient (Wildman–Crippen LogP) is 1.22. The van der Waals surface area contributed by atoms with Gasteiger partial charge in [-0.25, -0.2) is 0 Å². The summed E-state index contributed by atoms with van der Waals surface area (Å²) in [5.74, 6) is -0.537. The van der Waals surface area contributed by atoms with Crippen molar-refractivity contribution in [1.29, 1.82) is 0 Å². The largest absolute Gasteiger partial charge is 0.462 e. The minimum absolute atomic E-state index is 0.00868. The summed E-state index contributed by atoms with van der Waals surface area (Å²) >= 11 is 0. The molecule has 1 aliphatic heterocycles. The van der Waals surface area contributed by atoms with Crippen molar-refractivity contribution in [2.24, 2.45) is 0 Å². The zero-order valence-electron chi connectivity index (χ0n) is 11.2. The van der Waals surface area contributed by atoms with E-state index in [0.717, 1.165) is 12.0 Å². The number of benzene rings is 1. The van der Waals surface area contributed by atoms with Gasteiger partial charge in [-0.1, -0.05) is 6.07 Å². The van der Waals surface area contributed by atoms with Crippen LogP contribution in [0.4, 0.5) is 5.69 Å². The van der Waals surface area contributed by atoms with Gasteiger partial charge in [0.05, 0.1) is 6.10 Å². The minimum Gasteiger partial charge on any atom is -0.462 e. The molecule has 1 amide bonds. The summed E-state index contributed by atoms with van der Waals surface area (Å²) in [7, 11) is 0. The van der Waals surface area contributed by atoms with Crippen molar-refractivity contribution >= 4 is 17.6 Å². The van der Waals surface area contributed by atoms with Gasteiger partial charge in [-0.05, 0) is 38.0 Å². The predicted molar refractivity (Wildman–Crippen MR) is 71.7 cm³/mol. The highest BCUT2D eigenvalue weighted by molar-refractivity contribution is 5.99. The lowest BCUT2D eigenvalue weighted by Gasteiger charge is -2.28. The number of amides is 1. The first kappa shape index (κ1) is 13.4. The monoisotopic (exact) mass is 262 g/mol. The van der Waals surface area contributed by atoms with Crippen LogP contribution in [0.2, 0.25) is 0 Å². The van der Waals surface area contributed by atoms with Crippen LogP contribution in [0.1, 0.15) is 29.8 Å². The molecule has 2 rings (SSSR count). The summed E-state index contributed by atoms with van der Waals surface area (Å²) in [4.78, 5) is 25.4. The molecule has 0 fully saturated rings. The molecule has 2 N–H and O–H groups in total. The van der Waals surface area contributed by atoms with Gasteiger partial charge in [0.2, 0.25) is 0 Å². The quantitative estimate of drug-likeness (QED) is 0.656. The van der Waals surface area contributed by atoms with Crippen molar-refractivity contribution in [2.75, 3.05) is 18.8 Å². The highest BCUT2D eigenvalue weighted by Gasteiger charge is 2.26. The lowest BCUT2D eigenvalue weighted by Crippen LogP contribution is -2.41. The van der Waals surface area contributed by atoms with Crippen LogP contribution in [-0.2, 0) is 16.0 Å². The summed E-state index contributed by atoms with van der Waals surface area (Å²) < 4.78 is 5.06. The van der Waals surface area contributed by atoms with Crippen molar-refractivity contribution in [2.45, 2.75) is 26.4 Å². The molecule has 0 spiro atoms. The Bertz CT molecular complexity index is 511. The summed E-state index contributed by atoms with van der Waals surface area (Å²) in [6.07, 6.45) is 0.561. The van der Waals surface area contributed by atoms with Crippen molar-refractivity contribution in [3.63, 3.8) is 0 Å². The summed E-state index contributed by atoms with van der Waals surface area (Å²) in [6.45, 7) is 4.09. The minimum atomic E-state index is -0.379. The molecule has 0 atom stereocenters. The van der Waals surface area contributed by atoms with Crippen LogP contribution in [0.25, 0.3) is 0 Å². The fourth-order valence-electron chi connectivity index (χ4n) is 2.15. The summed E-state index contributed by atoms with van der Waals surface area (Å²) in [5.41, 5.74) is 7.81. The first-order chi connectivity index (χ1) is 8.97. The Morgan fingerprint density at radius 3 is 2.89 bits per heavy atom. The molecule has 1 heterocycles. The molecule has 19 heavy (non-hydrogen) atoms. The number of ether oxygens (including phenoxy) is 1. The Balaban J connectivity index is 2.11. The van der Waals surface area contributed by atoms with Crippen molar-refractivity contribution < 1.29 is 14.3 Å². The molecule has 102 valence electrons. The van der Waals surface area contributed by atoms with E-state index in [2.05, 4.69) is 0 Å². The summed E-state index contributed by atoms with van der Waals surface area (Å²) in [6, 6.07) is 5.32. The molecule has 0 saturated heterocycles. The van der Waals surface area contributed by atoms with Crippen LogP contribution in [0.3, 0.4) is 0 Å².